The van der Waals surface area contributed by atoms with E-state index in [1.165, 1.54) is 35.9 Å². The highest BCUT2D eigenvalue weighted by Crippen LogP contribution is 2.41. The molecular weight excluding hydrogens is 546 g/mol. The lowest BCUT2D eigenvalue weighted by Crippen LogP contribution is -2.70. The summed E-state index contributed by atoms with van der Waals surface area (Å²) in [4.78, 5) is 59.6. The van der Waals surface area contributed by atoms with Crippen LogP contribution in [0.4, 0.5) is 5.13 Å². The second-order valence-electron chi connectivity index (χ2n) is 7.37. The Morgan fingerprint density at radius 3 is 2.78 bits per heavy atom. The molecule has 0 aromatic carbocycles. The van der Waals surface area contributed by atoms with Gasteiger partial charge in [0, 0.05) is 25.0 Å². The van der Waals surface area contributed by atoms with Gasteiger partial charge in [-0.3, -0.25) is 19.3 Å². The molecule has 3 atom stereocenters. The lowest BCUT2D eigenvalue weighted by Gasteiger charge is -2.49. The number of allylic oxidation sites excluding steroid dienone is 1. The van der Waals surface area contributed by atoms with Gasteiger partial charge in [-0.2, -0.15) is 4.98 Å². The predicted molar refractivity (Wildman–Crippen MR) is 134 cm³/mol. The first-order chi connectivity index (χ1) is 17.7. The van der Waals surface area contributed by atoms with Gasteiger partial charge in [-0.05, 0) is 23.2 Å². The number of rotatable bonds is 9. The summed E-state index contributed by atoms with van der Waals surface area (Å²) in [7, 11) is 0. The number of carbonyl (C=O) groups excluding carboxylic acids is 4. The number of carbonyl (C=O) groups is 4. The van der Waals surface area contributed by atoms with Crippen LogP contribution in [0.5, 0.6) is 5.88 Å². The highest BCUT2D eigenvalue weighted by Gasteiger charge is 2.54. The monoisotopic (exact) mass is 565 g/mol. The number of hydrogen-bond acceptors (Lipinski definition) is 15. The van der Waals surface area contributed by atoms with Crippen LogP contribution in [0.25, 0.3) is 6.08 Å². The SMILES string of the molecule is CC(=O)OC(C)OC(=O)C1=C(/C=C\c2csnn2)CSC2C(NC(=O)/C=N\Oc3csc(N)n3)C(=O)N12. The van der Waals surface area contributed by atoms with Crippen molar-refractivity contribution in [1.29, 1.82) is 0 Å². The number of fused-ring (bicyclic) bond motifs is 1. The lowest BCUT2D eigenvalue weighted by molar-refractivity contribution is -0.182. The van der Waals surface area contributed by atoms with Crippen molar-refractivity contribution in [3.05, 3.63) is 33.8 Å². The molecule has 14 nitrogen and oxygen atoms in total. The number of ether oxygens (including phenoxy) is 2. The number of thiazole rings is 1. The van der Waals surface area contributed by atoms with Gasteiger partial charge in [0.15, 0.2) is 5.13 Å². The number of esters is 2. The molecule has 0 aliphatic carbocycles. The van der Waals surface area contributed by atoms with Crippen molar-refractivity contribution in [3.63, 3.8) is 0 Å². The minimum Gasteiger partial charge on any atom is -0.426 e. The average molecular weight is 566 g/mol. The van der Waals surface area contributed by atoms with Crippen LogP contribution in [-0.2, 0) is 28.7 Å². The van der Waals surface area contributed by atoms with Crippen molar-refractivity contribution in [2.24, 2.45) is 5.16 Å². The Labute approximate surface area is 221 Å². The number of anilines is 1. The maximum absolute atomic E-state index is 13.0. The molecule has 2 aromatic heterocycles. The molecule has 1 fully saturated rings. The molecule has 0 bridgehead atoms. The Kier molecular flexibility index (Phi) is 8.14. The standard InChI is InChI=1S/C20H19N7O7S3/c1-9(28)32-10(2)33-19(31)16-11(3-4-12-7-37-26-25-12)6-35-18-15(17(30)27(16)18)23-13(29)5-22-34-14-8-36-20(21)24-14/h3-5,7-8,10,15,18H,6H2,1-2H3,(H2,21,24)(H,23,29)/b4-3-,22-5-. The topological polar surface area (TPSA) is 188 Å². The van der Waals surface area contributed by atoms with E-state index in [1.54, 1.807) is 17.5 Å². The second kappa shape index (κ2) is 11.5. The Bertz CT molecular complexity index is 1290. The number of nitrogens with zero attached hydrogens (tertiary/aromatic N) is 5. The Balaban J connectivity index is 1.47. The van der Waals surface area contributed by atoms with Crippen molar-refractivity contribution in [2.75, 3.05) is 11.5 Å². The maximum atomic E-state index is 13.0. The molecule has 4 heterocycles. The summed E-state index contributed by atoms with van der Waals surface area (Å²) >= 11 is 3.65. The van der Waals surface area contributed by atoms with Crippen LogP contribution in [0.1, 0.15) is 19.5 Å². The molecule has 194 valence electrons. The van der Waals surface area contributed by atoms with Gasteiger partial charge < -0.3 is 25.4 Å². The van der Waals surface area contributed by atoms with Crippen molar-refractivity contribution < 1.29 is 33.5 Å². The maximum Gasteiger partial charge on any atom is 0.358 e. The van der Waals surface area contributed by atoms with Crippen molar-refractivity contribution in [3.8, 4) is 5.88 Å². The smallest absolute Gasteiger partial charge is 0.358 e. The van der Waals surface area contributed by atoms with E-state index in [0.717, 1.165) is 29.1 Å². The highest BCUT2D eigenvalue weighted by molar-refractivity contribution is 8.00. The molecule has 2 amide bonds. The molecule has 0 spiro atoms. The first kappa shape index (κ1) is 26.2. The van der Waals surface area contributed by atoms with Gasteiger partial charge >= 0.3 is 11.9 Å². The van der Waals surface area contributed by atoms with Gasteiger partial charge in [0.1, 0.15) is 23.3 Å². The van der Waals surface area contributed by atoms with Crippen LogP contribution in [0.15, 0.2) is 33.3 Å². The minimum absolute atomic E-state index is 0.0178. The number of thioether (sulfide) groups is 1. The summed E-state index contributed by atoms with van der Waals surface area (Å²) in [6.45, 7) is 2.56. The largest absolute Gasteiger partial charge is 0.426 e. The van der Waals surface area contributed by atoms with Gasteiger partial charge in [-0.15, -0.1) is 28.2 Å². The van der Waals surface area contributed by atoms with Crippen LogP contribution >= 0.6 is 34.6 Å². The Hall–Kier alpha value is -3.83. The summed E-state index contributed by atoms with van der Waals surface area (Å²) < 4.78 is 13.9. The molecule has 37 heavy (non-hydrogen) atoms. The van der Waals surface area contributed by atoms with E-state index in [2.05, 4.69) is 25.0 Å². The van der Waals surface area contributed by atoms with E-state index in [9.17, 15) is 19.2 Å². The number of nitrogen functional groups attached to an aromatic ring is 1. The molecule has 4 rings (SSSR count). The van der Waals surface area contributed by atoms with Crippen molar-refractivity contribution >= 4 is 75.8 Å². The summed E-state index contributed by atoms with van der Waals surface area (Å²) in [5, 5.41) is 12.9. The Morgan fingerprint density at radius 2 is 2.11 bits per heavy atom. The van der Waals surface area contributed by atoms with E-state index in [1.807, 2.05) is 0 Å². The van der Waals surface area contributed by atoms with Crippen molar-refractivity contribution in [2.45, 2.75) is 31.6 Å². The third kappa shape index (κ3) is 6.30. The number of nitrogens with two attached hydrogens (primary N) is 1. The molecule has 0 radical (unpaired) electrons. The average Bonchev–Trinajstić information content (AvgIpc) is 3.51. The molecule has 0 saturated carbocycles. The number of amides is 2. The molecule has 2 aliphatic rings. The van der Waals surface area contributed by atoms with Gasteiger partial charge in [0.25, 0.3) is 17.7 Å². The molecule has 2 aromatic rings. The van der Waals surface area contributed by atoms with Crippen LogP contribution < -0.4 is 15.9 Å². The van der Waals surface area contributed by atoms with Crippen LogP contribution in [0.2, 0.25) is 0 Å². The van der Waals surface area contributed by atoms with Crippen LogP contribution in [0.3, 0.4) is 0 Å². The normalized spacial score (nSPS) is 19.9. The predicted octanol–water partition coefficient (Wildman–Crippen LogP) is 0.761. The number of aromatic nitrogens is 3. The lowest BCUT2D eigenvalue weighted by atomic mass is 10.0. The highest BCUT2D eigenvalue weighted by atomic mass is 32.2. The first-order valence-electron chi connectivity index (χ1n) is 10.5. The second-order valence-corrected chi connectivity index (χ2v) is 9.97. The van der Waals surface area contributed by atoms with E-state index in [0.29, 0.717) is 17.0 Å². The Morgan fingerprint density at radius 1 is 1.30 bits per heavy atom. The van der Waals surface area contributed by atoms with Gasteiger partial charge in [0.05, 0.1) is 11.1 Å². The molecular formula is C20H19N7O7S3. The van der Waals surface area contributed by atoms with Crippen LogP contribution in [0, 0.1) is 0 Å². The van der Waals surface area contributed by atoms with E-state index < -0.39 is 41.5 Å². The fourth-order valence-electron chi connectivity index (χ4n) is 3.29. The number of nitrogens with one attached hydrogen (secondary N) is 1. The zero-order valence-electron chi connectivity index (χ0n) is 19.2. The fraction of sp³-hybridized carbons (Fsp3) is 0.300. The summed E-state index contributed by atoms with van der Waals surface area (Å²) in [5.41, 5.74) is 6.55. The van der Waals surface area contributed by atoms with Gasteiger partial charge in [-0.25, -0.2) is 4.79 Å². The summed E-state index contributed by atoms with van der Waals surface area (Å²) in [5.74, 6) is -2.24. The van der Waals surface area contributed by atoms with E-state index in [-0.39, 0.29) is 16.7 Å². The van der Waals surface area contributed by atoms with Crippen LogP contribution in [-0.4, -0.2) is 72.9 Å². The van der Waals surface area contributed by atoms with E-state index >= 15 is 0 Å². The zero-order chi connectivity index (χ0) is 26.5. The third-order valence-electron chi connectivity index (χ3n) is 4.74. The quantitative estimate of drug-likeness (QED) is 0.143. The van der Waals surface area contributed by atoms with Gasteiger partial charge in [0.2, 0.25) is 6.29 Å². The van der Waals surface area contributed by atoms with Gasteiger partial charge in [-0.1, -0.05) is 15.7 Å². The number of hydrogen-bond donors (Lipinski definition) is 2. The zero-order valence-corrected chi connectivity index (χ0v) is 21.7. The van der Waals surface area contributed by atoms with E-state index in [4.69, 9.17) is 20.0 Å². The molecule has 3 N–H and O–H groups in total. The number of β-lactam (4-membered cyclic amide) rings is 1. The summed E-state index contributed by atoms with van der Waals surface area (Å²) in [6.07, 6.45) is 2.98. The molecule has 1 saturated heterocycles. The number of oxime groups is 1. The minimum atomic E-state index is -1.17. The fourth-order valence-corrected chi connectivity index (χ4v) is 5.49. The van der Waals surface area contributed by atoms with Crippen molar-refractivity contribution in [1.82, 2.24) is 24.8 Å². The molecule has 2 aliphatic heterocycles. The molecule has 17 heteroatoms. The molecule has 3 unspecified atom stereocenters. The third-order valence-corrected chi connectivity index (χ3v) is 7.22. The first-order valence-corrected chi connectivity index (χ1v) is 13.2. The summed E-state index contributed by atoms with van der Waals surface area (Å²) in [6, 6.07) is -0.916.